The topological polar surface area (TPSA) is 67.6 Å². The van der Waals surface area contributed by atoms with E-state index >= 15 is 0 Å². The molecule has 0 saturated carbocycles. The Morgan fingerprint density at radius 3 is 2.56 bits per heavy atom. The summed E-state index contributed by atoms with van der Waals surface area (Å²) in [5.41, 5.74) is 8.82. The number of anilines is 1. The van der Waals surface area contributed by atoms with Crippen molar-refractivity contribution in [1.29, 1.82) is 0 Å². The molecule has 2 aromatic carbocycles. The summed E-state index contributed by atoms with van der Waals surface area (Å²) in [6, 6.07) is 16.0. The van der Waals surface area contributed by atoms with Gasteiger partial charge in [-0.15, -0.1) is 0 Å². The van der Waals surface area contributed by atoms with Gasteiger partial charge >= 0.3 is 6.09 Å². The predicted octanol–water partition coefficient (Wildman–Crippen LogP) is 3.86. The zero-order valence-electron chi connectivity index (χ0n) is 15.8. The number of ether oxygens (including phenoxy) is 1. The number of hydrogen-bond acceptors (Lipinski definition) is 4. The number of nitrogens with one attached hydrogen (secondary N) is 1. The number of nitrogens with two attached hydrogens (primary N) is 1. The molecule has 0 aliphatic carbocycles. The van der Waals surface area contributed by atoms with Gasteiger partial charge in [-0.25, -0.2) is 4.79 Å². The summed E-state index contributed by atoms with van der Waals surface area (Å²) in [4.78, 5) is 14.7. The Hall–Kier alpha value is -2.53. The van der Waals surface area contributed by atoms with E-state index in [0.29, 0.717) is 18.8 Å². The molecule has 2 aromatic rings. The van der Waals surface area contributed by atoms with E-state index in [0.717, 1.165) is 42.7 Å². The van der Waals surface area contributed by atoms with Gasteiger partial charge in [-0.3, -0.25) is 0 Å². The van der Waals surface area contributed by atoms with Crippen LogP contribution >= 0.6 is 0 Å². The first-order valence-electron chi connectivity index (χ1n) is 9.84. The molecule has 0 aromatic heterocycles. The number of nitrogens with zero attached hydrogens (tertiary/aromatic N) is 1. The quantitative estimate of drug-likeness (QED) is 0.780. The van der Waals surface area contributed by atoms with Crippen molar-refractivity contribution in [3.63, 3.8) is 0 Å². The van der Waals surface area contributed by atoms with Crippen LogP contribution in [-0.2, 0) is 13.0 Å². The third-order valence-corrected chi connectivity index (χ3v) is 4.87. The molecule has 5 nitrogen and oxygen atoms in total. The van der Waals surface area contributed by atoms with Gasteiger partial charge in [0, 0.05) is 19.6 Å². The van der Waals surface area contributed by atoms with Crippen LogP contribution in [-0.4, -0.2) is 25.7 Å². The van der Waals surface area contributed by atoms with Crippen LogP contribution in [0.4, 0.5) is 10.5 Å². The van der Waals surface area contributed by atoms with Crippen LogP contribution in [0.5, 0.6) is 5.75 Å². The number of carbonyl (C=O) groups is 1. The van der Waals surface area contributed by atoms with Crippen molar-refractivity contribution in [2.45, 2.75) is 38.6 Å². The summed E-state index contributed by atoms with van der Waals surface area (Å²) < 4.78 is 5.72. The van der Waals surface area contributed by atoms with Crippen molar-refractivity contribution in [3.8, 4) is 5.75 Å². The van der Waals surface area contributed by atoms with Gasteiger partial charge in [0.05, 0.1) is 5.69 Å². The standard InChI is InChI=1S/C22H29N3O2/c23-13-7-10-18-11-12-20(25-14-5-2-6-15-25)21(16-18)27-22(26)24-17-19-8-3-1-4-9-19/h1,3-4,8-9,11-12,16H,2,5-7,10,13-15,17,23H2,(H,24,26). The molecule has 0 spiro atoms. The average molecular weight is 367 g/mol. The number of piperidine rings is 1. The second-order valence-electron chi connectivity index (χ2n) is 6.97. The Morgan fingerprint density at radius 1 is 1.04 bits per heavy atom. The fraction of sp³-hybridized carbons (Fsp3) is 0.409. The van der Waals surface area contributed by atoms with Gasteiger partial charge in [0.25, 0.3) is 0 Å². The highest BCUT2D eigenvalue weighted by molar-refractivity contribution is 5.74. The molecular weight excluding hydrogens is 338 g/mol. The number of carbonyl (C=O) groups excluding carboxylic acids is 1. The lowest BCUT2D eigenvalue weighted by Gasteiger charge is -2.30. The zero-order valence-corrected chi connectivity index (χ0v) is 15.8. The molecule has 0 atom stereocenters. The van der Waals surface area contributed by atoms with Gasteiger partial charge < -0.3 is 20.7 Å². The van der Waals surface area contributed by atoms with E-state index in [4.69, 9.17) is 10.5 Å². The van der Waals surface area contributed by atoms with Crippen molar-refractivity contribution in [1.82, 2.24) is 5.32 Å². The summed E-state index contributed by atoms with van der Waals surface area (Å²) in [6.45, 7) is 3.11. The number of amides is 1. The predicted molar refractivity (Wildman–Crippen MR) is 109 cm³/mol. The van der Waals surface area contributed by atoms with Crippen LogP contribution in [0.1, 0.15) is 36.8 Å². The van der Waals surface area contributed by atoms with E-state index in [1.54, 1.807) is 0 Å². The van der Waals surface area contributed by atoms with E-state index < -0.39 is 6.09 Å². The highest BCUT2D eigenvalue weighted by atomic mass is 16.6. The molecule has 1 aliphatic heterocycles. The van der Waals surface area contributed by atoms with Crippen molar-refractivity contribution < 1.29 is 9.53 Å². The largest absolute Gasteiger partial charge is 0.412 e. The zero-order chi connectivity index (χ0) is 18.9. The summed E-state index contributed by atoms with van der Waals surface area (Å²) in [6.07, 6.45) is 5.00. The highest BCUT2D eigenvalue weighted by Gasteiger charge is 2.18. The maximum Gasteiger partial charge on any atom is 0.412 e. The number of aryl methyl sites for hydroxylation is 1. The Labute approximate surface area is 161 Å². The first-order valence-corrected chi connectivity index (χ1v) is 9.84. The van der Waals surface area contributed by atoms with Crippen LogP contribution in [0.25, 0.3) is 0 Å². The number of hydrogen-bond donors (Lipinski definition) is 2. The fourth-order valence-electron chi connectivity index (χ4n) is 3.40. The Balaban J connectivity index is 1.70. The second kappa shape index (κ2) is 9.97. The molecule has 1 saturated heterocycles. The van der Waals surface area contributed by atoms with Crippen LogP contribution in [0.15, 0.2) is 48.5 Å². The first-order chi connectivity index (χ1) is 13.3. The van der Waals surface area contributed by atoms with Crippen LogP contribution in [0.2, 0.25) is 0 Å². The van der Waals surface area contributed by atoms with E-state index in [2.05, 4.69) is 22.3 Å². The average Bonchev–Trinajstić information content (AvgIpc) is 2.72. The normalized spacial score (nSPS) is 14.0. The first kappa shape index (κ1) is 19.2. The maximum absolute atomic E-state index is 12.4. The van der Waals surface area contributed by atoms with Gasteiger partial charge in [0.2, 0.25) is 0 Å². The highest BCUT2D eigenvalue weighted by Crippen LogP contribution is 2.32. The van der Waals surface area contributed by atoms with E-state index in [1.165, 1.54) is 19.3 Å². The van der Waals surface area contributed by atoms with Crippen LogP contribution in [0.3, 0.4) is 0 Å². The van der Waals surface area contributed by atoms with Crippen molar-refractivity contribution >= 4 is 11.8 Å². The van der Waals surface area contributed by atoms with Crippen LogP contribution in [0, 0.1) is 0 Å². The van der Waals surface area contributed by atoms with Crippen molar-refractivity contribution in [2.75, 3.05) is 24.5 Å². The van der Waals surface area contributed by atoms with E-state index in [1.807, 2.05) is 36.4 Å². The number of rotatable bonds is 7. The second-order valence-corrected chi connectivity index (χ2v) is 6.97. The summed E-state index contributed by atoms with van der Waals surface area (Å²) in [7, 11) is 0. The lowest BCUT2D eigenvalue weighted by Crippen LogP contribution is -2.31. The molecule has 1 fully saturated rings. The lowest BCUT2D eigenvalue weighted by molar-refractivity contribution is 0.200. The Bertz CT molecular complexity index is 728. The minimum absolute atomic E-state index is 0.423. The molecule has 5 heteroatoms. The van der Waals surface area contributed by atoms with E-state index in [-0.39, 0.29) is 0 Å². The summed E-state index contributed by atoms with van der Waals surface area (Å²) >= 11 is 0. The van der Waals surface area contributed by atoms with Crippen LogP contribution < -0.4 is 20.7 Å². The molecule has 0 radical (unpaired) electrons. The third-order valence-electron chi connectivity index (χ3n) is 4.87. The van der Waals surface area contributed by atoms with Gasteiger partial charge in [0.15, 0.2) is 5.75 Å². The Kier molecular flexibility index (Phi) is 7.11. The minimum atomic E-state index is -0.423. The van der Waals surface area contributed by atoms with Gasteiger partial charge in [-0.05, 0) is 61.9 Å². The molecule has 27 heavy (non-hydrogen) atoms. The molecule has 1 aliphatic rings. The van der Waals surface area contributed by atoms with E-state index in [9.17, 15) is 4.79 Å². The molecule has 3 rings (SSSR count). The number of benzene rings is 2. The van der Waals surface area contributed by atoms with Crippen molar-refractivity contribution in [3.05, 3.63) is 59.7 Å². The van der Waals surface area contributed by atoms with Crippen molar-refractivity contribution in [2.24, 2.45) is 5.73 Å². The molecule has 0 bridgehead atoms. The fourth-order valence-corrected chi connectivity index (χ4v) is 3.40. The van der Waals surface area contributed by atoms with Gasteiger partial charge in [-0.2, -0.15) is 0 Å². The third kappa shape index (κ3) is 5.73. The summed E-state index contributed by atoms with van der Waals surface area (Å²) in [5.74, 6) is 0.636. The smallest absolute Gasteiger partial charge is 0.408 e. The van der Waals surface area contributed by atoms with Gasteiger partial charge in [-0.1, -0.05) is 36.4 Å². The Morgan fingerprint density at radius 2 is 1.81 bits per heavy atom. The molecule has 1 amide bonds. The monoisotopic (exact) mass is 367 g/mol. The SMILES string of the molecule is NCCCc1ccc(N2CCCCC2)c(OC(=O)NCc2ccccc2)c1. The molecular formula is C22H29N3O2. The van der Waals surface area contributed by atoms with Gasteiger partial charge in [0.1, 0.15) is 0 Å². The lowest BCUT2D eigenvalue weighted by atomic mass is 10.1. The minimum Gasteiger partial charge on any atom is -0.408 e. The molecule has 1 heterocycles. The molecule has 3 N–H and O–H groups in total. The molecule has 144 valence electrons. The summed E-state index contributed by atoms with van der Waals surface area (Å²) in [5, 5.41) is 2.84. The maximum atomic E-state index is 12.4. The molecule has 0 unspecified atom stereocenters.